The molecule has 0 saturated carbocycles. The van der Waals surface area contributed by atoms with Crippen LogP contribution in [0.15, 0.2) is 23.1 Å². The van der Waals surface area contributed by atoms with Crippen LogP contribution in [0.5, 0.6) is 5.75 Å². The standard InChI is InChI=1S/C11H12ClNO6S/c12-20(16,17)11-5-9(13(14)15)1-2-10(11)19-7-8-3-4-18-6-8/h1-2,5,8H,3-4,6-7H2. The Bertz CT molecular complexity index is 611. The molecule has 1 aromatic carbocycles. The van der Waals surface area contributed by atoms with Crippen molar-refractivity contribution in [1.29, 1.82) is 0 Å². The number of hydrogen-bond donors (Lipinski definition) is 0. The van der Waals surface area contributed by atoms with Gasteiger partial charge in [-0.1, -0.05) is 0 Å². The van der Waals surface area contributed by atoms with Gasteiger partial charge in [-0.3, -0.25) is 10.1 Å². The van der Waals surface area contributed by atoms with Gasteiger partial charge in [-0.15, -0.1) is 0 Å². The third kappa shape index (κ3) is 3.59. The monoisotopic (exact) mass is 321 g/mol. The van der Waals surface area contributed by atoms with Gasteiger partial charge in [-0.25, -0.2) is 8.42 Å². The first-order valence-corrected chi connectivity index (χ1v) is 8.12. The Morgan fingerprint density at radius 1 is 1.50 bits per heavy atom. The second kappa shape index (κ2) is 5.94. The molecule has 0 aliphatic carbocycles. The average molecular weight is 322 g/mol. The van der Waals surface area contributed by atoms with Gasteiger partial charge in [-0.2, -0.15) is 0 Å². The van der Waals surface area contributed by atoms with Gasteiger partial charge in [0.25, 0.3) is 14.7 Å². The zero-order valence-corrected chi connectivity index (χ0v) is 11.9. The van der Waals surface area contributed by atoms with Crippen molar-refractivity contribution in [2.75, 3.05) is 19.8 Å². The first-order valence-electron chi connectivity index (χ1n) is 5.81. The van der Waals surface area contributed by atoms with Gasteiger partial charge >= 0.3 is 0 Å². The molecule has 7 nitrogen and oxygen atoms in total. The van der Waals surface area contributed by atoms with Gasteiger partial charge < -0.3 is 9.47 Å². The first kappa shape index (κ1) is 15.0. The lowest BCUT2D eigenvalue weighted by Gasteiger charge is -2.12. The summed E-state index contributed by atoms with van der Waals surface area (Å²) in [5, 5.41) is 10.7. The fraction of sp³-hybridized carbons (Fsp3) is 0.455. The van der Waals surface area contributed by atoms with Crippen molar-refractivity contribution in [2.24, 2.45) is 5.92 Å². The number of nitrogens with zero attached hydrogens (tertiary/aromatic N) is 1. The molecule has 1 fully saturated rings. The van der Waals surface area contributed by atoms with Gasteiger partial charge in [0.15, 0.2) is 0 Å². The topological polar surface area (TPSA) is 95.7 Å². The van der Waals surface area contributed by atoms with E-state index in [9.17, 15) is 18.5 Å². The second-order valence-corrected chi connectivity index (χ2v) is 6.90. The van der Waals surface area contributed by atoms with Gasteiger partial charge in [0.05, 0.1) is 18.1 Å². The van der Waals surface area contributed by atoms with Crippen LogP contribution in [0.25, 0.3) is 0 Å². The van der Waals surface area contributed by atoms with E-state index < -0.39 is 18.9 Å². The van der Waals surface area contributed by atoms with Crippen LogP contribution in [0.3, 0.4) is 0 Å². The third-order valence-electron chi connectivity index (χ3n) is 2.90. The van der Waals surface area contributed by atoms with Crippen molar-refractivity contribution in [3.05, 3.63) is 28.3 Å². The molecule has 9 heteroatoms. The van der Waals surface area contributed by atoms with Crippen molar-refractivity contribution in [3.8, 4) is 5.75 Å². The molecular weight excluding hydrogens is 310 g/mol. The van der Waals surface area contributed by atoms with Crippen LogP contribution in [0.2, 0.25) is 0 Å². The van der Waals surface area contributed by atoms with E-state index in [2.05, 4.69) is 0 Å². The molecule has 20 heavy (non-hydrogen) atoms. The van der Waals surface area contributed by atoms with Crippen LogP contribution in [0.1, 0.15) is 6.42 Å². The number of hydrogen-bond acceptors (Lipinski definition) is 6. The molecule has 1 unspecified atom stereocenters. The molecule has 1 aliphatic heterocycles. The molecule has 0 amide bonds. The molecule has 0 spiro atoms. The molecule has 1 aromatic rings. The lowest BCUT2D eigenvalue weighted by molar-refractivity contribution is -0.385. The molecule has 110 valence electrons. The number of benzene rings is 1. The van der Waals surface area contributed by atoms with E-state index in [1.807, 2.05) is 0 Å². The largest absolute Gasteiger partial charge is 0.492 e. The van der Waals surface area contributed by atoms with E-state index in [-0.39, 0.29) is 24.0 Å². The van der Waals surface area contributed by atoms with Gasteiger partial charge in [0.1, 0.15) is 10.6 Å². The summed E-state index contributed by atoms with van der Waals surface area (Å²) >= 11 is 0. The van der Waals surface area contributed by atoms with E-state index in [4.69, 9.17) is 20.2 Å². The molecule has 1 aliphatic rings. The SMILES string of the molecule is O=[N+]([O-])c1ccc(OCC2CCOC2)c(S(=O)(=O)Cl)c1. The second-order valence-electron chi connectivity index (χ2n) is 4.37. The summed E-state index contributed by atoms with van der Waals surface area (Å²) < 4.78 is 33.5. The predicted octanol–water partition coefficient (Wildman–Crippen LogP) is 1.94. The highest BCUT2D eigenvalue weighted by atomic mass is 35.7. The predicted molar refractivity (Wildman–Crippen MR) is 70.6 cm³/mol. The number of halogens is 1. The number of nitro benzene ring substituents is 1. The quantitative estimate of drug-likeness (QED) is 0.467. The number of non-ortho nitro benzene ring substituents is 1. The maximum atomic E-state index is 11.5. The molecular formula is C11H12ClNO6S. The lowest BCUT2D eigenvalue weighted by Crippen LogP contribution is -2.13. The maximum absolute atomic E-state index is 11.5. The molecule has 2 rings (SSSR count). The van der Waals surface area contributed by atoms with Crippen molar-refractivity contribution in [2.45, 2.75) is 11.3 Å². The Kier molecular flexibility index (Phi) is 4.46. The Balaban J connectivity index is 2.24. The van der Waals surface area contributed by atoms with Crippen LogP contribution >= 0.6 is 10.7 Å². The van der Waals surface area contributed by atoms with E-state index in [0.717, 1.165) is 12.5 Å². The highest BCUT2D eigenvalue weighted by Crippen LogP contribution is 2.31. The molecule has 1 heterocycles. The van der Waals surface area contributed by atoms with Crippen LogP contribution in [-0.4, -0.2) is 33.2 Å². The summed E-state index contributed by atoms with van der Waals surface area (Å²) in [4.78, 5) is 9.58. The van der Waals surface area contributed by atoms with Crippen LogP contribution in [0, 0.1) is 16.0 Å². The van der Waals surface area contributed by atoms with Crippen LogP contribution in [-0.2, 0) is 13.8 Å². The van der Waals surface area contributed by atoms with Crippen molar-refractivity contribution < 1.29 is 22.8 Å². The highest BCUT2D eigenvalue weighted by molar-refractivity contribution is 8.13. The lowest BCUT2D eigenvalue weighted by atomic mass is 10.1. The van der Waals surface area contributed by atoms with Gasteiger partial charge in [0.2, 0.25) is 0 Å². The third-order valence-corrected chi connectivity index (χ3v) is 4.24. The molecule has 1 atom stereocenters. The van der Waals surface area contributed by atoms with E-state index in [1.54, 1.807) is 0 Å². The minimum absolute atomic E-state index is 0.0116. The van der Waals surface area contributed by atoms with Gasteiger partial charge in [0, 0.05) is 35.3 Å². The molecule has 0 bridgehead atoms. The normalized spacial score (nSPS) is 18.9. The Hall–Kier alpha value is -1.38. The summed E-state index contributed by atoms with van der Waals surface area (Å²) in [7, 11) is 1.16. The Morgan fingerprint density at radius 3 is 2.80 bits per heavy atom. The van der Waals surface area contributed by atoms with Gasteiger partial charge in [-0.05, 0) is 12.5 Å². The molecule has 1 saturated heterocycles. The van der Waals surface area contributed by atoms with Crippen molar-refractivity contribution in [3.63, 3.8) is 0 Å². The Morgan fingerprint density at radius 2 is 2.25 bits per heavy atom. The zero-order chi connectivity index (χ0) is 14.8. The van der Waals surface area contributed by atoms with Crippen molar-refractivity contribution >= 4 is 25.4 Å². The summed E-state index contributed by atoms with van der Waals surface area (Å²) in [6, 6.07) is 3.30. The number of nitro groups is 1. The smallest absolute Gasteiger partial charge is 0.271 e. The average Bonchev–Trinajstić information content (AvgIpc) is 2.88. The first-order chi connectivity index (χ1) is 9.38. The number of rotatable bonds is 5. The summed E-state index contributed by atoms with van der Waals surface area (Å²) in [6.45, 7) is 1.47. The highest BCUT2D eigenvalue weighted by Gasteiger charge is 2.23. The fourth-order valence-corrected chi connectivity index (χ4v) is 2.83. The number of ether oxygens (including phenoxy) is 2. The van der Waals surface area contributed by atoms with Crippen LogP contribution in [0.4, 0.5) is 5.69 Å². The van der Waals surface area contributed by atoms with E-state index in [0.29, 0.717) is 13.2 Å². The van der Waals surface area contributed by atoms with Crippen LogP contribution < -0.4 is 4.74 Å². The zero-order valence-electron chi connectivity index (χ0n) is 10.3. The molecule has 0 N–H and O–H groups in total. The Labute approximate surface area is 120 Å². The fourth-order valence-electron chi connectivity index (χ4n) is 1.84. The van der Waals surface area contributed by atoms with Crippen molar-refractivity contribution in [1.82, 2.24) is 0 Å². The molecule has 0 radical (unpaired) electrons. The van der Waals surface area contributed by atoms with E-state index in [1.165, 1.54) is 12.1 Å². The minimum Gasteiger partial charge on any atom is -0.492 e. The summed E-state index contributed by atoms with van der Waals surface area (Å²) in [6.07, 6.45) is 0.829. The summed E-state index contributed by atoms with van der Waals surface area (Å²) in [5.74, 6) is 0.188. The molecule has 0 aromatic heterocycles. The minimum atomic E-state index is -4.12. The summed E-state index contributed by atoms with van der Waals surface area (Å²) in [5.41, 5.74) is -0.360. The maximum Gasteiger partial charge on any atom is 0.271 e. The van der Waals surface area contributed by atoms with E-state index >= 15 is 0 Å².